The Kier molecular flexibility index (Phi) is 8.10. The number of nitrogens with one attached hydrogen (secondary N) is 1. The Balaban J connectivity index is 1.61. The summed E-state index contributed by atoms with van der Waals surface area (Å²) in [6, 6.07) is 14.1. The zero-order valence-corrected chi connectivity index (χ0v) is 19.6. The topological polar surface area (TPSA) is 110 Å². The summed E-state index contributed by atoms with van der Waals surface area (Å²) in [4.78, 5) is 39.1. The molecule has 10 heteroatoms. The van der Waals surface area contributed by atoms with Crippen LogP contribution in [0.3, 0.4) is 0 Å². The number of nitrogens with zero attached hydrogens (tertiary/aromatic N) is 1. The average molecular weight is 493 g/mol. The van der Waals surface area contributed by atoms with E-state index in [1.54, 1.807) is 18.2 Å². The molecule has 33 heavy (non-hydrogen) atoms. The number of ether oxygens (including phenoxy) is 1. The van der Waals surface area contributed by atoms with Crippen molar-refractivity contribution < 1.29 is 27.5 Å². The molecule has 1 N–H and O–H groups in total. The van der Waals surface area contributed by atoms with Crippen LogP contribution in [0.15, 0.2) is 54.6 Å². The molecular formula is C23H25ClN2O6S. The van der Waals surface area contributed by atoms with Crippen LogP contribution in [-0.2, 0) is 30.7 Å². The molecule has 0 aliphatic carbocycles. The molecule has 0 radical (unpaired) electrons. The van der Waals surface area contributed by atoms with Crippen molar-refractivity contribution in [2.24, 2.45) is 0 Å². The first kappa shape index (κ1) is 24.7. The number of halogens is 1. The van der Waals surface area contributed by atoms with Crippen LogP contribution < -0.4 is 5.32 Å². The molecule has 1 saturated heterocycles. The van der Waals surface area contributed by atoms with Gasteiger partial charge in [0.15, 0.2) is 16.4 Å². The fraction of sp³-hybridized carbons (Fsp3) is 0.348. The van der Waals surface area contributed by atoms with Gasteiger partial charge in [0.25, 0.3) is 11.8 Å². The molecule has 3 rings (SSSR count). The highest BCUT2D eigenvalue weighted by molar-refractivity contribution is 7.91. The number of carbonyl (C=O) groups is 3. The maximum atomic E-state index is 12.9. The van der Waals surface area contributed by atoms with Gasteiger partial charge >= 0.3 is 5.97 Å². The average Bonchev–Trinajstić information content (AvgIpc) is 3.15. The van der Waals surface area contributed by atoms with E-state index in [-0.39, 0.29) is 28.6 Å². The fourth-order valence-corrected chi connectivity index (χ4v) is 5.49. The van der Waals surface area contributed by atoms with Crippen LogP contribution >= 0.6 is 11.6 Å². The van der Waals surface area contributed by atoms with E-state index < -0.39 is 46.3 Å². The van der Waals surface area contributed by atoms with Gasteiger partial charge in [-0.15, -0.1) is 0 Å². The second kappa shape index (κ2) is 10.8. The summed E-state index contributed by atoms with van der Waals surface area (Å²) in [6.45, 7) is 1.08. The highest BCUT2D eigenvalue weighted by atomic mass is 35.5. The van der Waals surface area contributed by atoms with Crippen molar-refractivity contribution in [3.05, 3.63) is 70.7 Å². The molecule has 0 bridgehead atoms. The lowest BCUT2D eigenvalue weighted by molar-refractivity contribution is -0.154. The molecule has 176 valence electrons. The van der Waals surface area contributed by atoms with E-state index in [1.165, 1.54) is 17.9 Å². The monoisotopic (exact) mass is 492 g/mol. The number of hydrogen-bond acceptors (Lipinski definition) is 6. The van der Waals surface area contributed by atoms with Gasteiger partial charge in [0.1, 0.15) is 6.04 Å². The summed E-state index contributed by atoms with van der Waals surface area (Å²) in [6.07, 6.45) is 0.332. The smallest absolute Gasteiger partial charge is 0.328 e. The lowest BCUT2D eigenvalue weighted by atomic mass is 10.1. The minimum absolute atomic E-state index is 0.0150. The van der Waals surface area contributed by atoms with Gasteiger partial charge < -0.3 is 15.0 Å². The van der Waals surface area contributed by atoms with Crippen molar-refractivity contribution in [3.8, 4) is 0 Å². The zero-order chi connectivity index (χ0) is 24.0. The number of esters is 1. The molecule has 2 atom stereocenters. The molecule has 0 saturated carbocycles. The molecule has 0 aromatic heterocycles. The van der Waals surface area contributed by atoms with E-state index in [9.17, 15) is 22.8 Å². The summed E-state index contributed by atoms with van der Waals surface area (Å²) in [5.41, 5.74) is 1.05. The number of amides is 2. The van der Waals surface area contributed by atoms with Crippen LogP contribution in [0.1, 0.15) is 29.3 Å². The highest BCUT2D eigenvalue weighted by Gasteiger charge is 2.35. The normalized spacial score (nSPS) is 17.7. The quantitative estimate of drug-likeness (QED) is 0.566. The standard InChI is InChI=1S/C23H25ClN2O6S/c1-16(25-22(28)19-9-5-6-10-20(19)24)23(29)32-14-21(27)26(13-17-7-3-2-4-8-17)18-11-12-33(30,31)15-18/h2-10,16,18H,11-15H2,1H3,(H,25,28)/t16-,18-/m0/s1. The molecule has 2 aromatic rings. The van der Waals surface area contributed by atoms with Crippen molar-refractivity contribution in [2.45, 2.75) is 32.0 Å². The van der Waals surface area contributed by atoms with Gasteiger partial charge in [-0.25, -0.2) is 13.2 Å². The summed E-state index contributed by atoms with van der Waals surface area (Å²) < 4.78 is 29.0. The highest BCUT2D eigenvalue weighted by Crippen LogP contribution is 2.20. The van der Waals surface area contributed by atoms with Gasteiger partial charge in [-0.1, -0.05) is 54.1 Å². The van der Waals surface area contributed by atoms with Crippen molar-refractivity contribution >= 4 is 39.2 Å². The van der Waals surface area contributed by atoms with Crippen molar-refractivity contribution in [1.29, 1.82) is 0 Å². The third kappa shape index (κ3) is 6.79. The third-order valence-corrected chi connectivity index (χ3v) is 7.40. The van der Waals surface area contributed by atoms with E-state index in [4.69, 9.17) is 16.3 Å². The van der Waals surface area contributed by atoms with E-state index in [2.05, 4.69) is 5.32 Å². The number of rotatable bonds is 8. The minimum atomic E-state index is -3.21. The van der Waals surface area contributed by atoms with Crippen molar-refractivity contribution in [2.75, 3.05) is 18.1 Å². The van der Waals surface area contributed by atoms with Crippen molar-refractivity contribution in [1.82, 2.24) is 10.2 Å². The maximum absolute atomic E-state index is 12.9. The molecule has 0 unspecified atom stereocenters. The van der Waals surface area contributed by atoms with Crippen LogP contribution in [0.5, 0.6) is 0 Å². The summed E-state index contributed by atoms with van der Waals surface area (Å²) in [7, 11) is -3.21. The summed E-state index contributed by atoms with van der Waals surface area (Å²) >= 11 is 6.00. The molecule has 1 heterocycles. The molecule has 1 fully saturated rings. The predicted molar refractivity (Wildman–Crippen MR) is 123 cm³/mol. The predicted octanol–water partition coefficient (Wildman–Crippen LogP) is 2.22. The van der Waals surface area contributed by atoms with Gasteiger partial charge in [0.2, 0.25) is 0 Å². The van der Waals surface area contributed by atoms with Crippen LogP contribution in [0, 0.1) is 0 Å². The molecule has 2 aromatic carbocycles. The van der Waals surface area contributed by atoms with Gasteiger partial charge in [-0.2, -0.15) is 0 Å². The van der Waals surface area contributed by atoms with Gasteiger partial charge in [-0.3, -0.25) is 9.59 Å². The van der Waals surface area contributed by atoms with Crippen LogP contribution in [-0.4, -0.2) is 61.3 Å². The molecule has 1 aliphatic rings. The Hall–Kier alpha value is -2.91. The Morgan fingerprint density at radius 3 is 2.42 bits per heavy atom. The van der Waals surface area contributed by atoms with E-state index in [0.717, 1.165) is 5.56 Å². The summed E-state index contributed by atoms with van der Waals surface area (Å²) in [5, 5.41) is 2.74. The van der Waals surface area contributed by atoms with Crippen LogP contribution in [0.4, 0.5) is 0 Å². The van der Waals surface area contributed by atoms with Gasteiger partial charge in [0, 0.05) is 12.6 Å². The van der Waals surface area contributed by atoms with Crippen LogP contribution in [0.25, 0.3) is 0 Å². The molecule has 2 amide bonds. The van der Waals surface area contributed by atoms with Crippen molar-refractivity contribution in [3.63, 3.8) is 0 Å². The number of benzene rings is 2. The minimum Gasteiger partial charge on any atom is -0.454 e. The number of carbonyl (C=O) groups excluding carboxylic acids is 3. The zero-order valence-electron chi connectivity index (χ0n) is 18.1. The van der Waals surface area contributed by atoms with E-state index in [0.29, 0.717) is 6.42 Å². The molecule has 1 aliphatic heterocycles. The third-order valence-electron chi connectivity index (χ3n) is 5.32. The number of hydrogen-bond donors (Lipinski definition) is 1. The first-order valence-electron chi connectivity index (χ1n) is 10.4. The lowest BCUT2D eigenvalue weighted by Crippen LogP contribution is -2.44. The number of sulfone groups is 1. The Labute approximate surface area is 197 Å². The fourth-order valence-electron chi connectivity index (χ4n) is 3.54. The Morgan fingerprint density at radius 2 is 1.79 bits per heavy atom. The maximum Gasteiger partial charge on any atom is 0.328 e. The Bertz CT molecular complexity index is 1120. The molecule has 0 spiro atoms. The second-order valence-electron chi connectivity index (χ2n) is 7.85. The van der Waals surface area contributed by atoms with Gasteiger partial charge in [-0.05, 0) is 31.0 Å². The van der Waals surface area contributed by atoms with E-state index in [1.807, 2.05) is 30.3 Å². The molecular weight excluding hydrogens is 468 g/mol. The van der Waals surface area contributed by atoms with Gasteiger partial charge in [0.05, 0.1) is 22.1 Å². The Morgan fingerprint density at radius 1 is 1.12 bits per heavy atom. The largest absolute Gasteiger partial charge is 0.454 e. The molecule has 8 nitrogen and oxygen atoms in total. The van der Waals surface area contributed by atoms with E-state index >= 15 is 0 Å². The SMILES string of the molecule is C[C@H](NC(=O)c1ccccc1Cl)C(=O)OCC(=O)N(Cc1ccccc1)[C@H]1CCS(=O)(=O)C1. The summed E-state index contributed by atoms with van der Waals surface area (Å²) in [5.74, 6) is -1.94. The first-order chi connectivity index (χ1) is 15.7. The second-order valence-corrected chi connectivity index (χ2v) is 10.5. The van der Waals surface area contributed by atoms with Crippen LogP contribution in [0.2, 0.25) is 5.02 Å². The lowest BCUT2D eigenvalue weighted by Gasteiger charge is -2.28. The first-order valence-corrected chi connectivity index (χ1v) is 12.6.